The SMILES string of the molecule is COCO[C@H]1CC[C@@]2(C[18F])C(=CC[C@@H]3[C@@H]2CC[C@]2(C)[C@@H]([C@H](C)CCCC(C)C)CC[C@@H]32)C1. The summed E-state index contributed by atoms with van der Waals surface area (Å²) in [6, 6.07) is 0. The Morgan fingerprint density at radius 2 is 1.88 bits per heavy atom. The third-order valence-electron chi connectivity index (χ3n) is 10.6. The molecule has 4 aliphatic rings. The van der Waals surface area contributed by atoms with Crippen molar-refractivity contribution in [2.24, 2.45) is 46.3 Å². The first kappa shape index (κ1) is 24.7. The van der Waals surface area contributed by atoms with E-state index in [0.717, 1.165) is 42.9 Å². The van der Waals surface area contributed by atoms with Crippen LogP contribution >= 0.6 is 0 Å². The standard InChI is InChI=1S/C29H49FO2/c1-20(2)7-6-8-21(3)25-11-12-26-24-10-9-22-17-23(32-19-31-5)13-16-29(22,18-30)27(24)14-15-28(25,26)4/h9,20-21,23-27H,6-8,10-19H2,1-5H3/t21-,23+,24+,25-,26+,27+,28-,29-/m1/s1/i30-1. The van der Waals surface area contributed by atoms with E-state index in [4.69, 9.17) is 9.47 Å². The molecule has 0 unspecified atom stereocenters. The van der Waals surface area contributed by atoms with Gasteiger partial charge in [-0.05, 0) is 92.3 Å². The molecule has 0 aliphatic heterocycles. The maximum atomic E-state index is 14.9. The lowest BCUT2D eigenvalue weighted by molar-refractivity contribution is -0.105. The van der Waals surface area contributed by atoms with Gasteiger partial charge in [-0.15, -0.1) is 0 Å². The van der Waals surface area contributed by atoms with E-state index in [1.165, 1.54) is 56.9 Å². The first-order valence-electron chi connectivity index (χ1n) is 13.7. The Bertz CT molecular complexity index is 660. The van der Waals surface area contributed by atoms with Gasteiger partial charge in [-0.1, -0.05) is 58.6 Å². The molecule has 0 spiro atoms. The summed E-state index contributed by atoms with van der Waals surface area (Å²) < 4.78 is 25.9. The molecule has 3 heteroatoms. The van der Waals surface area contributed by atoms with Crippen molar-refractivity contribution in [2.75, 3.05) is 20.6 Å². The first-order chi connectivity index (χ1) is 15.4. The van der Waals surface area contributed by atoms with E-state index in [-0.39, 0.29) is 18.2 Å². The topological polar surface area (TPSA) is 18.5 Å². The average molecular weight is 448 g/mol. The molecule has 32 heavy (non-hydrogen) atoms. The van der Waals surface area contributed by atoms with Crippen LogP contribution in [0.1, 0.15) is 98.3 Å². The Kier molecular flexibility index (Phi) is 7.77. The summed E-state index contributed by atoms with van der Waals surface area (Å²) in [7, 11) is 1.68. The van der Waals surface area contributed by atoms with Crippen molar-refractivity contribution in [3.63, 3.8) is 0 Å². The van der Waals surface area contributed by atoms with Gasteiger partial charge in [-0.2, -0.15) is 0 Å². The maximum Gasteiger partial charge on any atom is 0.146 e. The zero-order valence-corrected chi connectivity index (χ0v) is 21.5. The number of halogens is 1. The quantitative estimate of drug-likeness (QED) is 0.263. The Balaban J connectivity index is 1.48. The highest BCUT2D eigenvalue weighted by Gasteiger charge is 2.60. The van der Waals surface area contributed by atoms with Crippen LogP contribution in [0.5, 0.6) is 0 Å². The molecule has 0 aromatic heterocycles. The smallest absolute Gasteiger partial charge is 0.146 e. The predicted octanol–water partition coefficient (Wildman–Crippen LogP) is 7.97. The number of hydrogen-bond donors (Lipinski definition) is 0. The van der Waals surface area contributed by atoms with Crippen molar-refractivity contribution >= 4 is 0 Å². The molecule has 4 rings (SSSR count). The van der Waals surface area contributed by atoms with Gasteiger partial charge >= 0.3 is 0 Å². The number of ether oxygens (including phenoxy) is 2. The Labute approximate surface area is 197 Å². The van der Waals surface area contributed by atoms with Crippen molar-refractivity contribution in [2.45, 2.75) is 104 Å². The van der Waals surface area contributed by atoms with E-state index >= 15 is 0 Å². The highest BCUT2D eigenvalue weighted by Crippen LogP contribution is 2.67. The minimum atomic E-state index is -0.196. The van der Waals surface area contributed by atoms with Gasteiger partial charge < -0.3 is 9.47 Å². The van der Waals surface area contributed by atoms with E-state index in [2.05, 4.69) is 33.8 Å². The lowest BCUT2D eigenvalue weighted by Gasteiger charge is -2.58. The minimum absolute atomic E-state index is 0.171. The number of rotatable bonds is 9. The van der Waals surface area contributed by atoms with Gasteiger partial charge in [0.25, 0.3) is 0 Å². The zero-order valence-electron chi connectivity index (χ0n) is 21.5. The Hall–Kier alpha value is -0.410. The molecule has 8 atom stereocenters. The molecule has 3 saturated carbocycles. The molecular weight excluding hydrogens is 398 g/mol. The maximum absolute atomic E-state index is 14.9. The van der Waals surface area contributed by atoms with Crippen LogP contribution in [0.3, 0.4) is 0 Å². The molecule has 0 bridgehead atoms. The van der Waals surface area contributed by atoms with Crippen molar-refractivity contribution in [1.82, 2.24) is 0 Å². The van der Waals surface area contributed by atoms with Crippen LogP contribution in [0.15, 0.2) is 11.6 Å². The highest BCUT2D eigenvalue weighted by atomic mass is 18.2. The van der Waals surface area contributed by atoms with E-state index in [9.17, 15) is 4.39 Å². The average Bonchev–Trinajstić information content (AvgIpc) is 3.14. The van der Waals surface area contributed by atoms with Gasteiger partial charge in [-0.25, -0.2) is 0 Å². The number of allylic oxidation sites excluding steroid dienone is 1. The van der Waals surface area contributed by atoms with Crippen LogP contribution in [0.2, 0.25) is 0 Å². The van der Waals surface area contributed by atoms with E-state index < -0.39 is 0 Å². The molecule has 184 valence electrons. The summed E-state index contributed by atoms with van der Waals surface area (Å²) in [6.07, 6.45) is 16.2. The molecule has 0 aromatic rings. The zero-order chi connectivity index (χ0) is 22.9. The largest absolute Gasteiger partial charge is 0.359 e. The second kappa shape index (κ2) is 10.1. The summed E-state index contributed by atoms with van der Waals surface area (Å²) in [5, 5.41) is 0. The summed E-state index contributed by atoms with van der Waals surface area (Å²) in [5.74, 6) is 4.55. The first-order valence-corrected chi connectivity index (χ1v) is 13.7. The van der Waals surface area contributed by atoms with Gasteiger partial charge in [0.05, 0.1) is 12.8 Å². The van der Waals surface area contributed by atoms with E-state index in [1.54, 1.807) is 7.11 Å². The molecule has 0 radical (unpaired) electrons. The van der Waals surface area contributed by atoms with Crippen molar-refractivity contribution < 1.29 is 13.9 Å². The molecular formula is C29H49FO2. The van der Waals surface area contributed by atoms with Crippen LogP contribution in [0.4, 0.5) is 4.39 Å². The fourth-order valence-electron chi connectivity index (χ4n) is 9.00. The predicted molar refractivity (Wildman–Crippen MR) is 130 cm³/mol. The van der Waals surface area contributed by atoms with Crippen LogP contribution in [-0.2, 0) is 9.47 Å². The fraction of sp³-hybridized carbons (Fsp3) is 0.931. The van der Waals surface area contributed by atoms with Gasteiger partial charge in [0.2, 0.25) is 0 Å². The molecule has 0 amide bonds. The van der Waals surface area contributed by atoms with Crippen LogP contribution in [0.25, 0.3) is 0 Å². The number of methoxy groups -OCH3 is 1. The Morgan fingerprint density at radius 3 is 2.59 bits per heavy atom. The Morgan fingerprint density at radius 1 is 1.06 bits per heavy atom. The monoisotopic (exact) mass is 447 g/mol. The highest BCUT2D eigenvalue weighted by molar-refractivity contribution is 5.27. The normalized spacial score (nSPS) is 42.2. The second-order valence-corrected chi connectivity index (χ2v) is 12.6. The van der Waals surface area contributed by atoms with Crippen LogP contribution < -0.4 is 0 Å². The molecule has 2 nitrogen and oxygen atoms in total. The number of alkyl halides is 1. The van der Waals surface area contributed by atoms with Crippen molar-refractivity contribution in [3.05, 3.63) is 11.6 Å². The number of hydrogen-bond acceptors (Lipinski definition) is 2. The fourth-order valence-corrected chi connectivity index (χ4v) is 9.00. The van der Waals surface area contributed by atoms with E-state index in [0.29, 0.717) is 24.0 Å². The molecule has 4 aliphatic carbocycles. The van der Waals surface area contributed by atoms with Crippen molar-refractivity contribution in [1.29, 1.82) is 0 Å². The summed E-state index contributed by atoms with van der Waals surface area (Å²) in [6.45, 7) is 10.0. The van der Waals surface area contributed by atoms with Crippen LogP contribution in [-0.4, -0.2) is 26.7 Å². The third kappa shape index (κ3) is 4.35. The minimum Gasteiger partial charge on any atom is -0.359 e. The molecule has 0 N–H and O–H groups in total. The van der Waals surface area contributed by atoms with Gasteiger partial charge in [0.1, 0.15) is 6.79 Å². The van der Waals surface area contributed by atoms with E-state index in [1.807, 2.05) is 0 Å². The summed E-state index contributed by atoms with van der Waals surface area (Å²) in [5.41, 5.74) is 1.66. The lowest BCUT2D eigenvalue weighted by Crippen LogP contribution is -2.53. The summed E-state index contributed by atoms with van der Waals surface area (Å²) in [4.78, 5) is 0. The van der Waals surface area contributed by atoms with Gasteiger partial charge in [0.15, 0.2) is 0 Å². The molecule has 0 heterocycles. The molecule has 0 saturated heterocycles. The van der Waals surface area contributed by atoms with Crippen molar-refractivity contribution in [3.8, 4) is 0 Å². The molecule has 3 fully saturated rings. The lowest BCUT2D eigenvalue weighted by atomic mass is 9.46. The molecule has 0 aromatic carbocycles. The van der Waals surface area contributed by atoms with Gasteiger partial charge in [0, 0.05) is 12.5 Å². The second-order valence-electron chi connectivity index (χ2n) is 12.6. The third-order valence-corrected chi connectivity index (χ3v) is 10.6. The van der Waals surface area contributed by atoms with Crippen LogP contribution in [0, 0.1) is 46.3 Å². The van der Waals surface area contributed by atoms with Gasteiger partial charge in [-0.3, -0.25) is 4.39 Å². The number of fused-ring (bicyclic) bond motifs is 5. The summed E-state index contributed by atoms with van der Waals surface area (Å²) >= 11 is 0.